The Labute approximate surface area is 105 Å². The summed E-state index contributed by atoms with van der Waals surface area (Å²) in [7, 11) is 0. The summed E-state index contributed by atoms with van der Waals surface area (Å²) < 4.78 is 6.91. The third kappa shape index (κ3) is 3.78. The molecule has 1 aromatic heterocycles. The number of aliphatic carboxylic acids is 1. The number of aromatic nitrogens is 3. The van der Waals surface area contributed by atoms with Gasteiger partial charge < -0.3 is 9.84 Å². The van der Waals surface area contributed by atoms with Crippen LogP contribution in [0.2, 0.25) is 0 Å². The first kappa shape index (κ1) is 13.0. The van der Waals surface area contributed by atoms with Crippen molar-refractivity contribution in [1.29, 1.82) is 0 Å². The third-order valence-electron chi connectivity index (χ3n) is 2.81. The van der Waals surface area contributed by atoms with Crippen LogP contribution in [0, 0.1) is 0 Å². The first-order valence-corrected chi connectivity index (χ1v) is 6.08. The molecule has 1 aliphatic heterocycles. The number of rotatable bonds is 4. The standard InChI is InChI=1S/C11H18N4O3/c1-9-5-14(3-2-4-18-9)6-10-7-15(13-12-10)8-11(16)17/h7,9H,2-6,8H2,1H3,(H,16,17). The van der Waals surface area contributed by atoms with Gasteiger partial charge in [0, 0.05) is 26.2 Å². The van der Waals surface area contributed by atoms with Crippen LogP contribution in [0.3, 0.4) is 0 Å². The maximum absolute atomic E-state index is 10.5. The van der Waals surface area contributed by atoms with Crippen molar-refractivity contribution in [2.45, 2.75) is 32.5 Å². The number of nitrogens with zero attached hydrogens (tertiary/aromatic N) is 4. The zero-order chi connectivity index (χ0) is 13.0. The third-order valence-corrected chi connectivity index (χ3v) is 2.81. The van der Waals surface area contributed by atoms with E-state index >= 15 is 0 Å². The molecule has 0 spiro atoms. The molecule has 0 amide bonds. The Balaban J connectivity index is 1.91. The Kier molecular flexibility index (Phi) is 4.27. The fraction of sp³-hybridized carbons (Fsp3) is 0.727. The molecule has 2 rings (SSSR count). The van der Waals surface area contributed by atoms with Crippen LogP contribution < -0.4 is 0 Å². The highest BCUT2D eigenvalue weighted by molar-refractivity contribution is 5.66. The van der Waals surface area contributed by atoms with Gasteiger partial charge in [-0.25, -0.2) is 4.68 Å². The minimum atomic E-state index is -0.914. The van der Waals surface area contributed by atoms with Gasteiger partial charge in [-0.05, 0) is 13.3 Å². The van der Waals surface area contributed by atoms with Gasteiger partial charge in [-0.3, -0.25) is 9.69 Å². The molecule has 0 aromatic carbocycles. The highest BCUT2D eigenvalue weighted by atomic mass is 16.5. The predicted octanol–water partition coefficient (Wildman–Crippen LogP) is -0.0265. The van der Waals surface area contributed by atoms with Crippen LogP contribution in [0.4, 0.5) is 0 Å². The van der Waals surface area contributed by atoms with E-state index in [4.69, 9.17) is 9.84 Å². The zero-order valence-electron chi connectivity index (χ0n) is 10.4. The van der Waals surface area contributed by atoms with E-state index in [1.54, 1.807) is 6.20 Å². The molecule has 1 unspecified atom stereocenters. The lowest BCUT2D eigenvalue weighted by molar-refractivity contribution is -0.137. The minimum Gasteiger partial charge on any atom is -0.480 e. The largest absolute Gasteiger partial charge is 0.480 e. The van der Waals surface area contributed by atoms with Crippen LogP contribution in [0.5, 0.6) is 0 Å². The van der Waals surface area contributed by atoms with Crippen molar-refractivity contribution in [2.75, 3.05) is 19.7 Å². The van der Waals surface area contributed by atoms with Crippen LogP contribution in [0.1, 0.15) is 19.0 Å². The summed E-state index contributed by atoms with van der Waals surface area (Å²) in [6.45, 7) is 5.23. The molecule has 0 radical (unpaired) electrons. The van der Waals surface area contributed by atoms with Gasteiger partial charge in [0.05, 0.1) is 18.0 Å². The molecule has 1 aromatic rings. The topological polar surface area (TPSA) is 80.5 Å². The van der Waals surface area contributed by atoms with E-state index in [9.17, 15) is 4.79 Å². The van der Waals surface area contributed by atoms with Crippen molar-refractivity contribution < 1.29 is 14.6 Å². The van der Waals surface area contributed by atoms with Crippen LogP contribution in [-0.4, -0.2) is 56.8 Å². The molecule has 1 atom stereocenters. The second kappa shape index (κ2) is 5.92. The van der Waals surface area contributed by atoms with E-state index < -0.39 is 5.97 Å². The van der Waals surface area contributed by atoms with Crippen molar-refractivity contribution in [1.82, 2.24) is 19.9 Å². The Hall–Kier alpha value is -1.47. The van der Waals surface area contributed by atoms with Gasteiger partial charge in [0.2, 0.25) is 0 Å². The molecule has 18 heavy (non-hydrogen) atoms. The lowest BCUT2D eigenvalue weighted by Gasteiger charge is -2.20. The summed E-state index contributed by atoms with van der Waals surface area (Å²) in [6.07, 6.45) is 2.92. The summed E-state index contributed by atoms with van der Waals surface area (Å²) in [5.74, 6) is -0.914. The monoisotopic (exact) mass is 254 g/mol. The highest BCUT2D eigenvalue weighted by Gasteiger charge is 2.16. The maximum atomic E-state index is 10.5. The number of carboxylic acid groups (broad SMARTS) is 1. The molecule has 0 aliphatic carbocycles. The smallest absolute Gasteiger partial charge is 0.325 e. The van der Waals surface area contributed by atoms with E-state index in [1.165, 1.54) is 4.68 Å². The lowest BCUT2D eigenvalue weighted by atomic mass is 10.3. The van der Waals surface area contributed by atoms with Gasteiger partial charge >= 0.3 is 5.97 Å². The molecule has 1 N–H and O–H groups in total. The number of hydrogen-bond acceptors (Lipinski definition) is 5. The number of carboxylic acids is 1. The summed E-state index contributed by atoms with van der Waals surface area (Å²) in [5.41, 5.74) is 0.797. The predicted molar refractivity (Wildman–Crippen MR) is 63.0 cm³/mol. The van der Waals surface area contributed by atoms with E-state index in [-0.39, 0.29) is 12.6 Å². The number of ether oxygens (including phenoxy) is 1. The second-order valence-electron chi connectivity index (χ2n) is 4.57. The zero-order valence-corrected chi connectivity index (χ0v) is 10.4. The first-order chi connectivity index (χ1) is 8.63. The molecule has 1 aliphatic rings. The summed E-state index contributed by atoms with van der Waals surface area (Å²) in [5, 5.41) is 16.4. The van der Waals surface area contributed by atoms with E-state index in [0.29, 0.717) is 6.54 Å². The van der Waals surface area contributed by atoms with Crippen LogP contribution in [0.15, 0.2) is 6.20 Å². The van der Waals surface area contributed by atoms with Gasteiger partial charge in [0.1, 0.15) is 6.54 Å². The van der Waals surface area contributed by atoms with Gasteiger partial charge in [0.15, 0.2) is 0 Å². The van der Waals surface area contributed by atoms with Gasteiger partial charge in [-0.2, -0.15) is 0 Å². The average molecular weight is 254 g/mol. The Bertz CT molecular complexity index is 407. The number of hydrogen-bond donors (Lipinski definition) is 1. The Morgan fingerprint density at radius 1 is 1.67 bits per heavy atom. The molecule has 1 fully saturated rings. The molecule has 0 bridgehead atoms. The van der Waals surface area contributed by atoms with E-state index in [2.05, 4.69) is 22.1 Å². The normalized spacial score (nSPS) is 21.7. The van der Waals surface area contributed by atoms with Crippen molar-refractivity contribution in [2.24, 2.45) is 0 Å². The minimum absolute atomic E-state index is 0.146. The maximum Gasteiger partial charge on any atom is 0.325 e. The molecular weight excluding hydrogens is 236 g/mol. The summed E-state index contributed by atoms with van der Waals surface area (Å²) in [6, 6.07) is 0. The van der Waals surface area contributed by atoms with Crippen molar-refractivity contribution in [3.63, 3.8) is 0 Å². The average Bonchev–Trinajstić information content (AvgIpc) is 2.59. The SMILES string of the molecule is CC1CN(Cc2cn(CC(=O)O)nn2)CCCO1. The Morgan fingerprint density at radius 3 is 3.28 bits per heavy atom. The Morgan fingerprint density at radius 2 is 2.50 bits per heavy atom. The first-order valence-electron chi connectivity index (χ1n) is 6.08. The highest BCUT2D eigenvalue weighted by Crippen LogP contribution is 2.08. The molecule has 1 saturated heterocycles. The van der Waals surface area contributed by atoms with Gasteiger partial charge in [0.25, 0.3) is 0 Å². The van der Waals surface area contributed by atoms with Crippen LogP contribution >= 0.6 is 0 Å². The quantitative estimate of drug-likeness (QED) is 0.813. The van der Waals surface area contributed by atoms with E-state index in [0.717, 1.165) is 31.8 Å². The van der Waals surface area contributed by atoms with Crippen molar-refractivity contribution in [3.05, 3.63) is 11.9 Å². The van der Waals surface area contributed by atoms with Gasteiger partial charge in [-0.1, -0.05) is 5.21 Å². The molecule has 0 saturated carbocycles. The fourth-order valence-electron chi connectivity index (χ4n) is 2.08. The lowest BCUT2D eigenvalue weighted by Crippen LogP contribution is -2.29. The molecular formula is C11H18N4O3. The van der Waals surface area contributed by atoms with Gasteiger partial charge in [-0.15, -0.1) is 5.10 Å². The van der Waals surface area contributed by atoms with Crippen LogP contribution in [0.25, 0.3) is 0 Å². The number of carbonyl (C=O) groups is 1. The van der Waals surface area contributed by atoms with Crippen LogP contribution in [-0.2, 0) is 22.6 Å². The fourth-order valence-corrected chi connectivity index (χ4v) is 2.08. The van der Waals surface area contributed by atoms with Crippen molar-refractivity contribution >= 4 is 5.97 Å². The molecule has 7 nitrogen and oxygen atoms in total. The summed E-state index contributed by atoms with van der Waals surface area (Å²) in [4.78, 5) is 12.8. The molecule has 2 heterocycles. The van der Waals surface area contributed by atoms with Crippen molar-refractivity contribution in [3.8, 4) is 0 Å². The molecule has 100 valence electrons. The molecule has 7 heteroatoms. The summed E-state index contributed by atoms with van der Waals surface area (Å²) >= 11 is 0. The van der Waals surface area contributed by atoms with E-state index in [1.807, 2.05) is 0 Å². The second-order valence-corrected chi connectivity index (χ2v) is 4.57.